The summed E-state index contributed by atoms with van der Waals surface area (Å²) in [5.41, 5.74) is 5.63. The van der Waals surface area contributed by atoms with Gasteiger partial charge in [-0.15, -0.1) is 0 Å². The van der Waals surface area contributed by atoms with Crippen molar-refractivity contribution in [2.24, 2.45) is 11.1 Å². The van der Waals surface area contributed by atoms with Crippen LogP contribution in [0.25, 0.3) is 0 Å². The van der Waals surface area contributed by atoms with Gasteiger partial charge in [-0.25, -0.2) is 0 Å². The molecule has 2 aliphatic rings. The van der Waals surface area contributed by atoms with Gasteiger partial charge < -0.3 is 16.0 Å². The quantitative estimate of drug-likeness (QED) is 0.792. The van der Waals surface area contributed by atoms with Crippen LogP contribution in [-0.2, 0) is 4.79 Å². The van der Waals surface area contributed by atoms with Crippen molar-refractivity contribution in [2.75, 3.05) is 26.7 Å². The van der Waals surface area contributed by atoms with Crippen molar-refractivity contribution in [2.45, 2.75) is 51.0 Å². The molecule has 1 atom stereocenters. The summed E-state index contributed by atoms with van der Waals surface area (Å²) in [7, 11) is 2.12. The second kappa shape index (κ2) is 6.02. The van der Waals surface area contributed by atoms with E-state index in [2.05, 4.69) is 17.3 Å². The molecule has 2 fully saturated rings. The van der Waals surface area contributed by atoms with E-state index in [-0.39, 0.29) is 11.3 Å². The highest BCUT2D eigenvalue weighted by molar-refractivity contribution is 5.83. The van der Waals surface area contributed by atoms with Gasteiger partial charge >= 0.3 is 0 Å². The van der Waals surface area contributed by atoms with Crippen LogP contribution in [0.1, 0.15) is 44.9 Å². The Bertz CT molecular complexity index is 287. The molecule has 3 N–H and O–H groups in total. The monoisotopic (exact) mass is 253 g/mol. The molecular formula is C14H27N3O. The summed E-state index contributed by atoms with van der Waals surface area (Å²) >= 11 is 0. The van der Waals surface area contributed by atoms with Gasteiger partial charge in [-0.05, 0) is 39.3 Å². The number of nitrogens with one attached hydrogen (secondary N) is 1. The smallest absolute Gasteiger partial charge is 0.227 e. The zero-order chi connectivity index (χ0) is 13.0. The molecular weight excluding hydrogens is 226 g/mol. The average molecular weight is 253 g/mol. The Hall–Kier alpha value is -0.610. The highest BCUT2D eigenvalue weighted by Crippen LogP contribution is 2.35. The Kier molecular flexibility index (Phi) is 4.62. The molecule has 104 valence electrons. The number of carbonyl (C=O) groups excluding carboxylic acids is 1. The molecule has 0 aromatic heterocycles. The van der Waals surface area contributed by atoms with E-state index in [0.717, 1.165) is 45.2 Å². The van der Waals surface area contributed by atoms with Gasteiger partial charge in [0.25, 0.3) is 0 Å². The molecule has 1 aliphatic carbocycles. The topological polar surface area (TPSA) is 58.4 Å². The summed E-state index contributed by atoms with van der Waals surface area (Å²) in [5.74, 6) is 0.213. The van der Waals surface area contributed by atoms with Crippen LogP contribution < -0.4 is 11.1 Å². The number of carbonyl (C=O) groups is 1. The van der Waals surface area contributed by atoms with Gasteiger partial charge in [0.2, 0.25) is 5.91 Å². The molecule has 1 saturated heterocycles. The molecule has 2 rings (SSSR count). The van der Waals surface area contributed by atoms with Gasteiger partial charge in [0, 0.05) is 19.1 Å². The van der Waals surface area contributed by atoms with Gasteiger partial charge in [-0.1, -0.05) is 19.3 Å². The van der Waals surface area contributed by atoms with Gasteiger partial charge in [0.1, 0.15) is 0 Å². The minimum Gasteiger partial charge on any atom is -0.352 e. The first kappa shape index (κ1) is 13.8. The fourth-order valence-corrected chi connectivity index (χ4v) is 3.38. The maximum absolute atomic E-state index is 12.5. The first-order chi connectivity index (χ1) is 8.66. The first-order valence-corrected chi connectivity index (χ1v) is 7.36. The summed E-state index contributed by atoms with van der Waals surface area (Å²) in [4.78, 5) is 14.8. The second-order valence-corrected chi connectivity index (χ2v) is 6.12. The number of nitrogens with two attached hydrogens (primary N) is 1. The van der Waals surface area contributed by atoms with Gasteiger partial charge in [-0.2, -0.15) is 0 Å². The molecule has 0 spiro atoms. The lowest BCUT2D eigenvalue weighted by molar-refractivity contribution is -0.133. The van der Waals surface area contributed by atoms with Crippen LogP contribution in [0.3, 0.4) is 0 Å². The Labute approximate surface area is 110 Å². The Balaban J connectivity index is 1.92. The van der Waals surface area contributed by atoms with Gasteiger partial charge in [0.15, 0.2) is 0 Å². The minimum atomic E-state index is -0.270. The fraction of sp³-hybridized carbons (Fsp3) is 0.929. The number of likely N-dealkylation sites (tertiary alicyclic amines) is 1. The summed E-state index contributed by atoms with van der Waals surface area (Å²) in [6.45, 7) is 2.63. The van der Waals surface area contributed by atoms with Crippen molar-refractivity contribution in [1.29, 1.82) is 0 Å². The van der Waals surface area contributed by atoms with Crippen LogP contribution in [0, 0.1) is 5.41 Å². The molecule has 0 aromatic carbocycles. The maximum atomic E-state index is 12.5. The Morgan fingerprint density at radius 2 is 2.06 bits per heavy atom. The standard InChI is InChI=1S/C14H27N3O/c1-17-9-5-6-12(10-17)16-13(18)14(11-15)7-3-2-4-8-14/h12H,2-11,15H2,1H3,(H,16,18). The fourth-order valence-electron chi connectivity index (χ4n) is 3.38. The highest BCUT2D eigenvalue weighted by atomic mass is 16.2. The normalized spacial score (nSPS) is 28.9. The zero-order valence-electron chi connectivity index (χ0n) is 11.6. The molecule has 1 saturated carbocycles. The van der Waals surface area contributed by atoms with Crippen LogP contribution >= 0.6 is 0 Å². The van der Waals surface area contributed by atoms with Crippen molar-refractivity contribution >= 4 is 5.91 Å². The number of amides is 1. The van der Waals surface area contributed by atoms with Gasteiger partial charge in [-0.3, -0.25) is 4.79 Å². The largest absolute Gasteiger partial charge is 0.352 e. The summed E-state index contributed by atoms with van der Waals surface area (Å²) in [6, 6.07) is 0.321. The van der Waals surface area contributed by atoms with E-state index in [4.69, 9.17) is 5.73 Å². The van der Waals surface area contributed by atoms with E-state index in [9.17, 15) is 4.79 Å². The third-order valence-corrected chi connectivity index (χ3v) is 4.64. The zero-order valence-corrected chi connectivity index (χ0v) is 11.6. The number of hydrogen-bond donors (Lipinski definition) is 2. The van der Waals surface area contributed by atoms with E-state index in [0.29, 0.717) is 12.6 Å². The number of piperidine rings is 1. The Morgan fingerprint density at radius 3 is 2.67 bits per heavy atom. The van der Waals surface area contributed by atoms with Gasteiger partial charge in [0.05, 0.1) is 5.41 Å². The predicted octanol–water partition coefficient (Wildman–Crippen LogP) is 1.11. The highest BCUT2D eigenvalue weighted by Gasteiger charge is 2.39. The predicted molar refractivity (Wildman–Crippen MR) is 73.2 cm³/mol. The second-order valence-electron chi connectivity index (χ2n) is 6.12. The lowest BCUT2D eigenvalue weighted by Crippen LogP contribution is -2.53. The van der Waals surface area contributed by atoms with Crippen molar-refractivity contribution in [3.8, 4) is 0 Å². The molecule has 0 radical (unpaired) electrons. The third-order valence-electron chi connectivity index (χ3n) is 4.64. The molecule has 1 aliphatic heterocycles. The molecule has 1 heterocycles. The van der Waals surface area contributed by atoms with Crippen molar-refractivity contribution in [1.82, 2.24) is 10.2 Å². The van der Waals surface area contributed by atoms with E-state index in [1.54, 1.807) is 0 Å². The van der Waals surface area contributed by atoms with Crippen LogP contribution in [0.5, 0.6) is 0 Å². The van der Waals surface area contributed by atoms with E-state index in [1.807, 2.05) is 0 Å². The number of rotatable bonds is 3. The summed E-state index contributed by atoms with van der Waals surface area (Å²) in [6.07, 6.45) is 7.77. The number of nitrogens with zero attached hydrogens (tertiary/aromatic N) is 1. The van der Waals surface area contributed by atoms with Crippen molar-refractivity contribution in [3.63, 3.8) is 0 Å². The Morgan fingerprint density at radius 1 is 1.33 bits per heavy atom. The molecule has 0 aromatic rings. The molecule has 18 heavy (non-hydrogen) atoms. The lowest BCUT2D eigenvalue weighted by atomic mass is 9.73. The molecule has 4 nitrogen and oxygen atoms in total. The first-order valence-electron chi connectivity index (χ1n) is 7.36. The average Bonchev–Trinajstić information content (AvgIpc) is 2.39. The maximum Gasteiger partial charge on any atom is 0.227 e. The SMILES string of the molecule is CN1CCCC(NC(=O)C2(CN)CCCCC2)C1. The molecule has 1 unspecified atom stereocenters. The third kappa shape index (κ3) is 3.04. The van der Waals surface area contributed by atoms with Crippen LogP contribution in [0.2, 0.25) is 0 Å². The number of hydrogen-bond acceptors (Lipinski definition) is 3. The van der Waals surface area contributed by atoms with Crippen molar-refractivity contribution < 1.29 is 4.79 Å². The molecule has 4 heteroatoms. The lowest BCUT2D eigenvalue weighted by Gasteiger charge is -2.38. The summed E-state index contributed by atoms with van der Waals surface area (Å²) < 4.78 is 0. The van der Waals surface area contributed by atoms with Crippen molar-refractivity contribution in [3.05, 3.63) is 0 Å². The van der Waals surface area contributed by atoms with E-state index < -0.39 is 0 Å². The van der Waals surface area contributed by atoms with Crippen LogP contribution in [-0.4, -0.2) is 43.5 Å². The minimum absolute atomic E-state index is 0.213. The van der Waals surface area contributed by atoms with Crippen LogP contribution in [0.4, 0.5) is 0 Å². The van der Waals surface area contributed by atoms with E-state index in [1.165, 1.54) is 12.8 Å². The number of likely N-dealkylation sites (N-methyl/N-ethyl adjacent to an activating group) is 1. The van der Waals surface area contributed by atoms with Crippen LogP contribution in [0.15, 0.2) is 0 Å². The summed E-state index contributed by atoms with van der Waals surface area (Å²) in [5, 5.41) is 3.25. The van der Waals surface area contributed by atoms with E-state index >= 15 is 0 Å². The molecule has 1 amide bonds. The molecule has 0 bridgehead atoms.